The van der Waals surface area contributed by atoms with Crippen molar-refractivity contribution < 1.29 is 19.4 Å². The standard InChI is InChI=1S/C15H20O4/c1-10(2)9-19-14-6-4-12(8-11(14)3)13(16)5-7-15(17)18/h4,6,8,10H,5,7,9H2,1-3H3,(H,17,18). The minimum Gasteiger partial charge on any atom is -0.493 e. The van der Waals surface area contributed by atoms with E-state index in [2.05, 4.69) is 13.8 Å². The highest BCUT2D eigenvalue weighted by Crippen LogP contribution is 2.20. The summed E-state index contributed by atoms with van der Waals surface area (Å²) in [5.41, 5.74) is 1.43. The monoisotopic (exact) mass is 264 g/mol. The first kappa shape index (κ1) is 15.2. The van der Waals surface area contributed by atoms with E-state index in [1.165, 1.54) is 0 Å². The van der Waals surface area contributed by atoms with Crippen LogP contribution in [-0.2, 0) is 4.79 Å². The van der Waals surface area contributed by atoms with E-state index in [-0.39, 0.29) is 18.6 Å². The molecule has 1 N–H and O–H groups in total. The van der Waals surface area contributed by atoms with Crippen molar-refractivity contribution >= 4 is 11.8 Å². The second kappa shape index (κ2) is 6.92. The van der Waals surface area contributed by atoms with Gasteiger partial charge < -0.3 is 9.84 Å². The summed E-state index contributed by atoms with van der Waals surface area (Å²) < 4.78 is 5.63. The molecule has 0 aliphatic heterocycles. The highest BCUT2D eigenvalue weighted by atomic mass is 16.5. The van der Waals surface area contributed by atoms with Crippen molar-refractivity contribution in [3.8, 4) is 5.75 Å². The molecule has 4 heteroatoms. The third-order valence-electron chi connectivity index (χ3n) is 2.64. The lowest BCUT2D eigenvalue weighted by Crippen LogP contribution is -2.07. The van der Waals surface area contributed by atoms with Crippen molar-refractivity contribution in [3.05, 3.63) is 29.3 Å². The summed E-state index contributed by atoms with van der Waals surface area (Å²) >= 11 is 0. The number of Topliss-reactive ketones (excluding diaryl/α,β-unsaturated/α-hetero) is 1. The van der Waals surface area contributed by atoms with Gasteiger partial charge >= 0.3 is 5.97 Å². The molecule has 1 aromatic carbocycles. The summed E-state index contributed by atoms with van der Waals surface area (Å²) in [5, 5.41) is 8.56. The van der Waals surface area contributed by atoms with Crippen LogP contribution in [0.2, 0.25) is 0 Å². The highest BCUT2D eigenvalue weighted by Gasteiger charge is 2.10. The molecule has 0 saturated heterocycles. The molecule has 0 radical (unpaired) electrons. The number of ether oxygens (including phenoxy) is 1. The van der Waals surface area contributed by atoms with Crippen LogP contribution in [0.3, 0.4) is 0 Å². The smallest absolute Gasteiger partial charge is 0.303 e. The molecule has 1 aromatic rings. The molecule has 0 fully saturated rings. The van der Waals surface area contributed by atoms with Gasteiger partial charge in [0.1, 0.15) is 5.75 Å². The lowest BCUT2D eigenvalue weighted by atomic mass is 10.0. The predicted molar refractivity (Wildman–Crippen MR) is 72.7 cm³/mol. The Balaban J connectivity index is 2.70. The summed E-state index contributed by atoms with van der Waals surface area (Å²) in [6.45, 7) is 6.65. The van der Waals surface area contributed by atoms with Crippen LogP contribution in [-0.4, -0.2) is 23.5 Å². The van der Waals surface area contributed by atoms with E-state index in [9.17, 15) is 9.59 Å². The van der Waals surface area contributed by atoms with Gasteiger partial charge in [0.2, 0.25) is 0 Å². The summed E-state index contributed by atoms with van der Waals surface area (Å²) in [7, 11) is 0. The van der Waals surface area contributed by atoms with E-state index in [0.717, 1.165) is 11.3 Å². The van der Waals surface area contributed by atoms with Gasteiger partial charge in [-0.05, 0) is 36.6 Å². The van der Waals surface area contributed by atoms with E-state index < -0.39 is 5.97 Å². The Kier molecular flexibility index (Phi) is 5.55. The number of carboxylic acid groups (broad SMARTS) is 1. The van der Waals surface area contributed by atoms with Crippen molar-refractivity contribution in [3.63, 3.8) is 0 Å². The van der Waals surface area contributed by atoms with E-state index >= 15 is 0 Å². The molecule has 0 aromatic heterocycles. The van der Waals surface area contributed by atoms with Crippen LogP contribution in [0.1, 0.15) is 42.6 Å². The van der Waals surface area contributed by atoms with Crippen LogP contribution in [0.25, 0.3) is 0 Å². The SMILES string of the molecule is Cc1cc(C(=O)CCC(=O)O)ccc1OCC(C)C. The number of hydrogen-bond acceptors (Lipinski definition) is 3. The van der Waals surface area contributed by atoms with Gasteiger partial charge in [-0.15, -0.1) is 0 Å². The molecule has 0 saturated carbocycles. The molecular weight excluding hydrogens is 244 g/mol. The second-order valence-electron chi connectivity index (χ2n) is 5.00. The van der Waals surface area contributed by atoms with Gasteiger partial charge in [-0.25, -0.2) is 0 Å². The van der Waals surface area contributed by atoms with Crippen LogP contribution in [0, 0.1) is 12.8 Å². The molecule has 0 bridgehead atoms. The highest BCUT2D eigenvalue weighted by molar-refractivity contribution is 5.97. The van der Waals surface area contributed by atoms with Crippen LogP contribution >= 0.6 is 0 Å². The normalized spacial score (nSPS) is 10.5. The van der Waals surface area contributed by atoms with Gasteiger partial charge in [-0.3, -0.25) is 9.59 Å². The number of benzene rings is 1. The van der Waals surface area contributed by atoms with Crippen LogP contribution in [0.15, 0.2) is 18.2 Å². The summed E-state index contributed by atoms with van der Waals surface area (Å²) in [6, 6.07) is 5.21. The van der Waals surface area contributed by atoms with Crippen molar-refractivity contribution in [2.45, 2.75) is 33.6 Å². The molecule has 0 amide bonds. The Morgan fingerprint density at radius 3 is 2.47 bits per heavy atom. The zero-order chi connectivity index (χ0) is 14.4. The second-order valence-corrected chi connectivity index (χ2v) is 5.00. The molecule has 19 heavy (non-hydrogen) atoms. The van der Waals surface area contributed by atoms with Gasteiger partial charge in [-0.2, -0.15) is 0 Å². The number of carboxylic acids is 1. The Bertz CT molecular complexity index is 463. The third kappa shape index (κ3) is 5.12. The summed E-state index contributed by atoms with van der Waals surface area (Å²) in [6.07, 6.45) is -0.107. The quantitative estimate of drug-likeness (QED) is 0.769. The van der Waals surface area contributed by atoms with Crippen LogP contribution in [0.5, 0.6) is 5.75 Å². The zero-order valence-electron chi connectivity index (χ0n) is 11.6. The molecule has 0 heterocycles. The van der Waals surface area contributed by atoms with E-state index in [1.807, 2.05) is 6.92 Å². The van der Waals surface area contributed by atoms with Gasteiger partial charge in [-0.1, -0.05) is 13.8 Å². The van der Waals surface area contributed by atoms with Crippen molar-refractivity contribution in [2.24, 2.45) is 5.92 Å². The molecule has 0 spiro atoms. The fourth-order valence-electron chi connectivity index (χ4n) is 1.61. The Morgan fingerprint density at radius 1 is 1.26 bits per heavy atom. The van der Waals surface area contributed by atoms with E-state index in [4.69, 9.17) is 9.84 Å². The Hall–Kier alpha value is -1.84. The van der Waals surface area contributed by atoms with Crippen molar-refractivity contribution in [1.29, 1.82) is 0 Å². The maximum absolute atomic E-state index is 11.8. The number of carbonyl (C=O) groups is 2. The molecular formula is C15H20O4. The number of aryl methyl sites for hydroxylation is 1. The van der Waals surface area contributed by atoms with Crippen molar-refractivity contribution in [1.82, 2.24) is 0 Å². The number of ketones is 1. The lowest BCUT2D eigenvalue weighted by Gasteiger charge is -2.12. The summed E-state index contributed by atoms with van der Waals surface area (Å²) in [4.78, 5) is 22.2. The number of rotatable bonds is 7. The predicted octanol–water partition coefficient (Wildman–Crippen LogP) is 3.08. The van der Waals surface area contributed by atoms with E-state index in [0.29, 0.717) is 18.1 Å². The third-order valence-corrected chi connectivity index (χ3v) is 2.64. The molecule has 104 valence electrons. The first-order chi connectivity index (χ1) is 8.90. The molecule has 0 aliphatic carbocycles. The first-order valence-electron chi connectivity index (χ1n) is 6.38. The molecule has 0 unspecified atom stereocenters. The van der Waals surface area contributed by atoms with Gasteiger partial charge in [0.15, 0.2) is 5.78 Å². The number of aliphatic carboxylic acids is 1. The Morgan fingerprint density at radius 2 is 1.95 bits per heavy atom. The average molecular weight is 264 g/mol. The topological polar surface area (TPSA) is 63.6 Å². The average Bonchev–Trinajstić information content (AvgIpc) is 2.34. The number of hydrogen-bond donors (Lipinski definition) is 1. The van der Waals surface area contributed by atoms with Crippen LogP contribution in [0.4, 0.5) is 0 Å². The lowest BCUT2D eigenvalue weighted by molar-refractivity contribution is -0.136. The number of carbonyl (C=O) groups excluding carboxylic acids is 1. The maximum Gasteiger partial charge on any atom is 0.303 e. The van der Waals surface area contributed by atoms with Crippen molar-refractivity contribution in [2.75, 3.05) is 6.61 Å². The van der Waals surface area contributed by atoms with Gasteiger partial charge in [0.05, 0.1) is 13.0 Å². The molecule has 0 atom stereocenters. The summed E-state index contributed by atoms with van der Waals surface area (Å²) in [5.74, 6) is 0.0997. The maximum atomic E-state index is 11.8. The first-order valence-corrected chi connectivity index (χ1v) is 6.38. The molecule has 0 aliphatic rings. The minimum atomic E-state index is -0.957. The largest absolute Gasteiger partial charge is 0.493 e. The fourth-order valence-corrected chi connectivity index (χ4v) is 1.61. The fraction of sp³-hybridized carbons (Fsp3) is 0.467. The molecule has 4 nitrogen and oxygen atoms in total. The van der Waals surface area contributed by atoms with Gasteiger partial charge in [0, 0.05) is 12.0 Å². The Labute approximate surface area is 113 Å². The van der Waals surface area contributed by atoms with E-state index in [1.54, 1.807) is 18.2 Å². The molecule has 1 rings (SSSR count). The zero-order valence-corrected chi connectivity index (χ0v) is 11.6. The van der Waals surface area contributed by atoms with Crippen LogP contribution < -0.4 is 4.74 Å². The van der Waals surface area contributed by atoms with Gasteiger partial charge in [0.25, 0.3) is 0 Å². The minimum absolute atomic E-state index is 0.0287.